The maximum absolute atomic E-state index is 13.9. The Morgan fingerprint density at radius 3 is 2.52 bits per heavy atom. The smallest absolute Gasteiger partial charge is 0.171 e. The van der Waals surface area contributed by atoms with Crippen molar-refractivity contribution in [3.05, 3.63) is 59.2 Å². The van der Waals surface area contributed by atoms with Gasteiger partial charge in [-0.1, -0.05) is 18.2 Å². The summed E-state index contributed by atoms with van der Waals surface area (Å²) < 4.78 is 38.0. The highest BCUT2D eigenvalue weighted by Crippen LogP contribution is 2.24. The van der Waals surface area contributed by atoms with E-state index >= 15 is 0 Å². The van der Waals surface area contributed by atoms with E-state index in [0.717, 1.165) is 0 Å². The maximum Gasteiger partial charge on any atom is 0.171 e. The van der Waals surface area contributed by atoms with Crippen LogP contribution in [0.5, 0.6) is 11.5 Å². The van der Waals surface area contributed by atoms with Crippen LogP contribution in [0.4, 0.5) is 8.78 Å². The summed E-state index contributed by atoms with van der Waals surface area (Å²) in [5.41, 5.74) is 6.65. The van der Waals surface area contributed by atoms with E-state index < -0.39 is 11.6 Å². The Kier molecular flexibility index (Phi) is 4.75. The van der Waals surface area contributed by atoms with Crippen LogP contribution in [0.1, 0.15) is 24.1 Å². The van der Waals surface area contributed by atoms with Crippen LogP contribution in [0.2, 0.25) is 0 Å². The van der Waals surface area contributed by atoms with Crippen LogP contribution in [0.3, 0.4) is 0 Å². The van der Waals surface area contributed by atoms with Gasteiger partial charge in [0.15, 0.2) is 23.1 Å². The predicted molar refractivity (Wildman–Crippen MR) is 76.3 cm³/mol. The summed E-state index contributed by atoms with van der Waals surface area (Å²) in [6.07, 6.45) is 0. The molecule has 2 aromatic rings. The molecule has 0 saturated heterocycles. The number of hydrogen-bond acceptors (Lipinski definition) is 3. The molecule has 112 valence electrons. The average molecular weight is 293 g/mol. The standard InChI is InChI=1S/C16H17F2NO2/c1-10(19)11-6-7-14(13(17)8-11)21-9-12-4-3-5-15(20-2)16(12)18/h3-8,10H,9,19H2,1-2H3/t10-/m0/s1. The van der Waals surface area contributed by atoms with Crippen molar-refractivity contribution in [3.63, 3.8) is 0 Å². The van der Waals surface area contributed by atoms with E-state index in [1.165, 1.54) is 25.3 Å². The topological polar surface area (TPSA) is 44.5 Å². The van der Waals surface area contributed by atoms with Gasteiger partial charge in [0.25, 0.3) is 0 Å². The molecule has 0 saturated carbocycles. The minimum atomic E-state index is -0.520. The van der Waals surface area contributed by atoms with Crippen molar-refractivity contribution >= 4 is 0 Å². The summed E-state index contributed by atoms with van der Waals surface area (Å²) >= 11 is 0. The number of hydrogen-bond donors (Lipinski definition) is 1. The number of ether oxygens (including phenoxy) is 2. The van der Waals surface area contributed by atoms with Crippen LogP contribution >= 0.6 is 0 Å². The Hall–Kier alpha value is -2.14. The summed E-state index contributed by atoms with van der Waals surface area (Å²) in [7, 11) is 1.38. The molecule has 0 aliphatic rings. The molecule has 2 rings (SSSR count). The third kappa shape index (κ3) is 3.49. The minimum absolute atomic E-state index is 0.0571. The third-order valence-corrected chi connectivity index (χ3v) is 3.13. The first-order chi connectivity index (χ1) is 10.0. The first-order valence-corrected chi connectivity index (χ1v) is 6.52. The van der Waals surface area contributed by atoms with Crippen LogP contribution in [-0.4, -0.2) is 7.11 Å². The van der Waals surface area contributed by atoms with Crippen LogP contribution < -0.4 is 15.2 Å². The SMILES string of the molecule is COc1cccc(COc2ccc([C@H](C)N)cc2F)c1F. The normalized spacial score (nSPS) is 12.0. The molecule has 0 unspecified atom stereocenters. The Labute approximate surface area is 122 Å². The molecule has 3 nitrogen and oxygen atoms in total. The Balaban J connectivity index is 2.13. The lowest BCUT2D eigenvalue weighted by molar-refractivity contribution is 0.281. The lowest BCUT2D eigenvalue weighted by Crippen LogP contribution is -2.06. The van der Waals surface area contributed by atoms with Gasteiger partial charge >= 0.3 is 0 Å². The first-order valence-electron chi connectivity index (χ1n) is 6.52. The van der Waals surface area contributed by atoms with Crippen molar-refractivity contribution in [3.8, 4) is 11.5 Å². The molecule has 0 radical (unpaired) electrons. The molecule has 0 amide bonds. The highest BCUT2D eigenvalue weighted by Gasteiger charge is 2.11. The van der Waals surface area contributed by atoms with Gasteiger partial charge in [-0.3, -0.25) is 0 Å². The van der Waals surface area contributed by atoms with Gasteiger partial charge in [-0.15, -0.1) is 0 Å². The second-order valence-electron chi connectivity index (χ2n) is 4.70. The van der Waals surface area contributed by atoms with Crippen LogP contribution in [0, 0.1) is 11.6 Å². The third-order valence-electron chi connectivity index (χ3n) is 3.13. The zero-order valence-corrected chi connectivity index (χ0v) is 11.9. The van der Waals surface area contributed by atoms with Gasteiger partial charge in [0, 0.05) is 11.6 Å². The maximum atomic E-state index is 13.9. The van der Waals surface area contributed by atoms with E-state index in [-0.39, 0.29) is 24.1 Å². The summed E-state index contributed by atoms with van der Waals surface area (Å²) in [4.78, 5) is 0. The molecule has 5 heteroatoms. The fourth-order valence-electron chi connectivity index (χ4n) is 1.90. The van der Waals surface area contributed by atoms with Crippen molar-refractivity contribution < 1.29 is 18.3 Å². The van der Waals surface area contributed by atoms with Gasteiger partial charge in [0.05, 0.1) is 7.11 Å². The summed E-state index contributed by atoms with van der Waals surface area (Å²) in [6, 6.07) is 8.96. The van der Waals surface area contributed by atoms with E-state index in [4.69, 9.17) is 15.2 Å². The molecule has 0 aromatic heterocycles. The van der Waals surface area contributed by atoms with Gasteiger partial charge in [-0.25, -0.2) is 8.78 Å². The Bertz CT molecular complexity index is 630. The quantitative estimate of drug-likeness (QED) is 0.916. The first kappa shape index (κ1) is 15.3. The number of nitrogens with two attached hydrogens (primary N) is 1. The molecule has 0 aliphatic heterocycles. The van der Waals surface area contributed by atoms with Crippen LogP contribution in [0.15, 0.2) is 36.4 Å². The molecular formula is C16H17F2NO2. The zero-order chi connectivity index (χ0) is 15.4. The van der Waals surface area contributed by atoms with Crippen molar-refractivity contribution in [1.29, 1.82) is 0 Å². The molecule has 0 heterocycles. The van der Waals surface area contributed by atoms with Crippen LogP contribution in [-0.2, 0) is 6.61 Å². The summed E-state index contributed by atoms with van der Waals surface area (Å²) in [6.45, 7) is 1.68. The molecule has 0 aliphatic carbocycles. The van der Waals surface area contributed by atoms with E-state index in [2.05, 4.69) is 0 Å². The molecule has 2 N–H and O–H groups in total. The van der Waals surface area contributed by atoms with E-state index in [0.29, 0.717) is 11.1 Å². The molecule has 0 bridgehead atoms. The fourth-order valence-corrected chi connectivity index (χ4v) is 1.90. The van der Waals surface area contributed by atoms with Gasteiger partial charge in [0.1, 0.15) is 6.61 Å². The lowest BCUT2D eigenvalue weighted by Gasteiger charge is -2.12. The summed E-state index contributed by atoms with van der Waals surface area (Å²) in [5.74, 6) is -0.841. The number of halogens is 2. The monoisotopic (exact) mass is 293 g/mol. The van der Waals surface area contributed by atoms with E-state index in [1.807, 2.05) is 0 Å². The fraction of sp³-hybridized carbons (Fsp3) is 0.250. The van der Waals surface area contributed by atoms with E-state index in [9.17, 15) is 8.78 Å². The van der Waals surface area contributed by atoms with Gasteiger partial charge in [-0.05, 0) is 30.7 Å². The molecular weight excluding hydrogens is 276 g/mol. The Morgan fingerprint density at radius 2 is 1.90 bits per heavy atom. The molecule has 21 heavy (non-hydrogen) atoms. The van der Waals surface area contributed by atoms with Crippen molar-refractivity contribution in [1.82, 2.24) is 0 Å². The second-order valence-corrected chi connectivity index (χ2v) is 4.70. The van der Waals surface area contributed by atoms with Gasteiger partial charge in [0.2, 0.25) is 0 Å². The minimum Gasteiger partial charge on any atom is -0.494 e. The van der Waals surface area contributed by atoms with Gasteiger partial charge in [-0.2, -0.15) is 0 Å². The van der Waals surface area contributed by atoms with Crippen molar-refractivity contribution in [2.75, 3.05) is 7.11 Å². The Morgan fingerprint density at radius 1 is 1.14 bits per heavy atom. The van der Waals surface area contributed by atoms with Crippen LogP contribution in [0.25, 0.3) is 0 Å². The zero-order valence-electron chi connectivity index (χ0n) is 11.9. The van der Waals surface area contributed by atoms with E-state index in [1.54, 1.807) is 25.1 Å². The largest absolute Gasteiger partial charge is 0.494 e. The molecule has 1 atom stereocenters. The van der Waals surface area contributed by atoms with Crippen molar-refractivity contribution in [2.24, 2.45) is 5.73 Å². The van der Waals surface area contributed by atoms with Crippen molar-refractivity contribution in [2.45, 2.75) is 19.6 Å². The molecule has 2 aromatic carbocycles. The highest BCUT2D eigenvalue weighted by molar-refractivity contribution is 5.33. The highest BCUT2D eigenvalue weighted by atomic mass is 19.1. The summed E-state index contributed by atoms with van der Waals surface area (Å²) in [5, 5.41) is 0. The lowest BCUT2D eigenvalue weighted by atomic mass is 10.1. The second kappa shape index (κ2) is 6.54. The number of rotatable bonds is 5. The van der Waals surface area contributed by atoms with Gasteiger partial charge < -0.3 is 15.2 Å². The molecule has 0 spiro atoms. The molecule has 0 fully saturated rings. The predicted octanol–water partition coefficient (Wildman–Crippen LogP) is 3.57. The number of benzene rings is 2. The number of methoxy groups -OCH3 is 1. The average Bonchev–Trinajstić information content (AvgIpc) is 2.47.